The maximum Gasteiger partial charge on any atom is 0.329 e. The standard InChI is InChI=1S/C21H39NO5/c1-5-9-12-14-18(23)22(8-4)21(20(26)27,15-11-7-3)17(13-10-6-2)16-19(24)25/h17H,5-16H2,1-4H3,(H,24,25)(H,26,27). The Bertz CT molecular complexity index is 465. The molecule has 27 heavy (non-hydrogen) atoms. The second-order valence-corrected chi connectivity index (χ2v) is 7.37. The molecular formula is C21H39NO5. The van der Waals surface area contributed by atoms with Crippen LogP contribution < -0.4 is 0 Å². The Kier molecular flexibility index (Phi) is 12.8. The first-order valence-corrected chi connectivity index (χ1v) is 10.6. The van der Waals surface area contributed by atoms with E-state index < -0.39 is 23.4 Å². The molecule has 0 aliphatic carbocycles. The van der Waals surface area contributed by atoms with Gasteiger partial charge in [0.1, 0.15) is 5.54 Å². The van der Waals surface area contributed by atoms with Crippen LogP contribution in [-0.4, -0.2) is 45.0 Å². The van der Waals surface area contributed by atoms with Gasteiger partial charge in [-0.2, -0.15) is 0 Å². The summed E-state index contributed by atoms with van der Waals surface area (Å²) in [7, 11) is 0. The van der Waals surface area contributed by atoms with Crippen molar-refractivity contribution in [2.75, 3.05) is 6.54 Å². The van der Waals surface area contributed by atoms with Gasteiger partial charge >= 0.3 is 11.9 Å². The van der Waals surface area contributed by atoms with E-state index in [4.69, 9.17) is 0 Å². The third-order valence-corrected chi connectivity index (χ3v) is 5.38. The number of aliphatic carboxylic acids is 2. The molecule has 0 aromatic heterocycles. The van der Waals surface area contributed by atoms with Gasteiger partial charge < -0.3 is 15.1 Å². The molecule has 0 aromatic rings. The van der Waals surface area contributed by atoms with Crippen molar-refractivity contribution >= 4 is 17.8 Å². The van der Waals surface area contributed by atoms with Crippen molar-refractivity contribution in [3.05, 3.63) is 0 Å². The first-order valence-electron chi connectivity index (χ1n) is 10.6. The van der Waals surface area contributed by atoms with Crippen LogP contribution in [0.2, 0.25) is 0 Å². The van der Waals surface area contributed by atoms with E-state index in [1.54, 1.807) is 6.92 Å². The number of hydrogen-bond acceptors (Lipinski definition) is 3. The molecule has 0 heterocycles. The summed E-state index contributed by atoms with van der Waals surface area (Å²) in [4.78, 5) is 38.5. The summed E-state index contributed by atoms with van der Waals surface area (Å²) in [6, 6.07) is 0. The van der Waals surface area contributed by atoms with Crippen LogP contribution in [-0.2, 0) is 14.4 Å². The molecule has 158 valence electrons. The minimum Gasteiger partial charge on any atom is -0.481 e. The number of carbonyl (C=O) groups excluding carboxylic acids is 1. The molecule has 0 bridgehead atoms. The third-order valence-electron chi connectivity index (χ3n) is 5.38. The van der Waals surface area contributed by atoms with Gasteiger partial charge in [-0.05, 0) is 26.2 Å². The van der Waals surface area contributed by atoms with Crippen molar-refractivity contribution in [1.29, 1.82) is 0 Å². The van der Waals surface area contributed by atoms with E-state index in [2.05, 4.69) is 6.92 Å². The Labute approximate surface area is 164 Å². The minimum absolute atomic E-state index is 0.170. The van der Waals surface area contributed by atoms with Gasteiger partial charge in [-0.3, -0.25) is 9.59 Å². The predicted octanol–water partition coefficient (Wildman–Crippen LogP) is 4.71. The van der Waals surface area contributed by atoms with Gasteiger partial charge in [0.15, 0.2) is 0 Å². The Morgan fingerprint density at radius 3 is 1.93 bits per heavy atom. The highest BCUT2D eigenvalue weighted by atomic mass is 16.4. The molecule has 2 atom stereocenters. The van der Waals surface area contributed by atoms with Gasteiger partial charge in [0.2, 0.25) is 5.91 Å². The lowest BCUT2D eigenvalue weighted by Gasteiger charge is -2.45. The quantitative estimate of drug-likeness (QED) is 0.375. The Morgan fingerprint density at radius 2 is 1.48 bits per heavy atom. The van der Waals surface area contributed by atoms with Crippen molar-refractivity contribution in [3.63, 3.8) is 0 Å². The number of carboxylic acid groups (broad SMARTS) is 2. The second-order valence-electron chi connectivity index (χ2n) is 7.37. The fourth-order valence-electron chi connectivity index (χ4n) is 3.92. The van der Waals surface area contributed by atoms with E-state index in [9.17, 15) is 24.6 Å². The van der Waals surface area contributed by atoms with Gasteiger partial charge in [-0.15, -0.1) is 0 Å². The number of carboxylic acids is 2. The number of nitrogens with zero attached hydrogens (tertiary/aromatic N) is 1. The van der Waals surface area contributed by atoms with Crippen molar-refractivity contribution < 1.29 is 24.6 Å². The van der Waals surface area contributed by atoms with Crippen LogP contribution in [0.4, 0.5) is 0 Å². The van der Waals surface area contributed by atoms with E-state index in [1.807, 2.05) is 13.8 Å². The molecule has 2 unspecified atom stereocenters. The monoisotopic (exact) mass is 385 g/mol. The molecule has 0 aliphatic heterocycles. The molecule has 2 N–H and O–H groups in total. The van der Waals surface area contributed by atoms with Crippen molar-refractivity contribution in [3.8, 4) is 0 Å². The summed E-state index contributed by atoms with van der Waals surface area (Å²) >= 11 is 0. The topological polar surface area (TPSA) is 94.9 Å². The van der Waals surface area contributed by atoms with Crippen LogP contribution in [0, 0.1) is 5.92 Å². The largest absolute Gasteiger partial charge is 0.481 e. The number of rotatable bonds is 16. The highest BCUT2D eigenvalue weighted by Gasteiger charge is 2.51. The Hall–Kier alpha value is -1.59. The number of hydrogen-bond donors (Lipinski definition) is 2. The zero-order valence-corrected chi connectivity index (χ0v) is 17.6. The van der Waals surface area contributed by atoms with Gasteiger partial charge in [-0.25, -0.2) is 4.79 Å². The van der Waals surface area contributed by atoms with Crippen LogP contribution in [0.1, 0.15) is 98.3 Å². The average molecular weight is 386 g/mol. The van der Waals surface area contributed by atoms with Crippen LogP contribution in [0.5, 0.6) is 0 Å². The number of unbranched alkanes of at least 4 members (excludes halogenated alkanes) is 4. The zero-order chi connectivity index (χ0) is 20.9. The third kappa shape index (κ3) is 7.51. The molecule has 0 rings (SSSR count). The molecule has 0 saturated carbocycles. The Morgan fingerprint density at radius 1 is 0.889 bits per heavy atom. The highest BCUT2D eigenvalue weighted by Crippen LogP contribution is 2.37. The zero-order valence-electron chi connectivity index (χ0n) is 17.6. The smallest absolute Gasteiger partial charge is 0.329 e. The van der Waals surface area contributed by atoms with Crippen molar-refractivity contribution in [2.24, 2.45) is 5.92 Å². The lowest BCUT2D eigenvalue weighted by atomic mass is 9.73. The van der Waals surface area contributed by atoms with Crippen LogP contribution in [0.3, 0.4) is 0 Å². The first kappa shape index (κ1) is 25.4. The summed E-state index contributed by atoms with van der Waals surface area (Å²) in [6.45, 7) is 8.10. The fraction of sp³-hybridized carbons (Fsp3) is 0.857. The molecule has 0 saturated heterocycles. The number of amides is 1. The van der Waals surface area contributed by atoms with E-state index in [0.29, 0.717) is 25.7 Å². The number of carbonyl (C=O) groups is 3. The van der Waals surface area contributed by atoms with E-state index in [0.717, 1.165) is 38.5 Å². The normalized spacial score (nSPS) is 14.4. The highest BCUT2D eigenvalue weighted by molar-refractivity contribution is 5.88. The molecular weight excluding hydrogens is 346 g/mol. The number of likely N-dealkylation sites (N-methyl/N-ethyl adjacent to an activating group) is 1. The molecule has 6 nitrogen and oxygen atoms in total. The Balaban J connectivity index is 6.03. The van der Waals surface area contributed by atoms with Crippen molar-refractivity contribution in [1.82, 2.24) is 4.90 Å². The maximum atomic E-state index is 12.9. The predicted molar refractivity (Wildman–Crippen MR) is 107 cm³/mol. The second kappa shape index (κ2) is 13.6. The van der Waals surface area contributed by atoms with Gasteiger partial charge in [0.05, 0.1) is 6.42 Å². The van der Waals surface area contributed by atoms with Crippen LogP contribution >= 0.6 is 0 Å². The fourth-order valence-corrected chi connectivity index (χ4v) is 3.92. The summed E-state index contributed by atoms with van der Waals surface area (Å²) in [6.07, 6.45) is 6.57. The molecule has 0 aromatic carbocycles. The van der Waals surface area contributed by atoms with E-state index in [-0.39, 0.29) is 18.9 Å². The molecule has 6 heteroatoms. The van der Waals surface area contributed by atoms with Gasteiger partial charge in [0, 0.05) is 18.9 Å². The molecule has 0 aliphatic rings. The van der Waals surface area contributed by atoms with Crippen LogP contribution in [0.15, 0.2) is 0 Å². The van der Waals surface area contributed by atoms with E-state index in [1.165, 1.54) is 4.90 Å². The van der Waals surface area contributed by atoms with Crippen LogP contribution in [0.25, 0.3) is 0 Å². The lowest BCUT2D eigenvalue weighted by molar-refractivity contribution is -0.167. The minimum atomic E-state index is -1.44. The van der Waals surface area contributed by atoms with Crippen molar-refractivity contribution in [2.45, 2.75) is 104 Å². The lowest BCUT2D eigenvalue weighted by Crippen LogP contribution is -2.61. The molecule has 0 radical (unpaired) electrons. The first-order chi connectivity index (χ1) is 12.8. The summed E-state index contributed by atoms with van der Waals surface area (Å²) in [5.74, 6) is -2.83. The molecule has 0 spiro atoms. The average Bonchev–Trinajstić information content (AvgIpc) is 2.61. The van der Waals surface area contributed by atoms with E-state index >= 15 is 0 Å². The molecule has 0 fully saturated rings. The summed E-state index contributed by atoms with van der Waals surface area (Å²) in [5.41, 5.74) is -1.44. The van der Waals surface area contributed by atoms with Gasteiger partial charge in [0.25, 0.3) is 0 Å². The summed E-state index contributed by atoms with van der Waals surface area (Å²) in [5, 5.41) is 19.7. The van der Waals surface area contributed by atoms with Gasteiger partial charge in [-0.1, -0.05) is 59.3 Å². The summed E-state index contributed by atoms with van der Waals surface area (Å²) < 4.78 is 0. The SMILES string of the molecule is CCCCCC(=O)N(CC)C(CCCC)(C(=O)O)C(CCCC)CC(=O)O. The molecule has 1 amide bonds. The maximum absolute atomic E-state index is 12.9.